The van der Waals surface area contributed by atoms with Gasteiger partial charge in [0, 0.05) is 19.1 Å². The molecule has 1 aliphatic rings. The van der Waals surface area contributed by atoms with Crippen molar-refractivity contribution >= 4 is 0 Å². The molecule has 0 unspecified atom stereocenters. The van der Waals surface area contributed by atoms with Crippen LogP contribution < -0.4 is 10.6 Å². The molecule has 0 aromatic rings. The van der Waals surface area contributed by atoms with Gasteiger partial charge in [-0.2, -0.15) is 0 Å². The molecule has 0 aromatic carbocycles. The highest BCUT2D eigenvalue weighted by Crippen LogP contribution is 2.16. The van der Waals surface area contributed by atoms with Crippen molar-refractivity contribution in [2.75, 3.05) is 19.6 Å². The van der Waals surface area contributed by atoms with E-state index in [1.165, 1.54) is 45.1 Å². The second-order valence-electron chi connectivity index (χ2n) is 4.04. The first kappa shape index (κ1) is 11.0. The van der Waals surface area contributed by atoms with Crippen LogP contribution in [0.4, 0.5) is 0 Å². The fourth-order valence-electron chi connectivity index (χ4n) is 1.92. The first-order valence-electron chi connectivity index (χ1n) is 5.87. The summed E-state index contributed by atoms with van der Waals surface area (Å²) in [5.74, 6) is 0. The molecule has 0 bridgehead atoms. The Hall–Kier alpha value is -0.0800. The monoisotopic (exact) mass is 184 g/mol. The van der Waals surface area contributed by atoms with E-state index < -0.39 is 0 Å². The standard InChI is InChI=1S/C11H24N2/c1-2-3-8-12-9-10-13-11-6-4-5-7-11/h11-13H,2-10H2,1H3. The average molecular weight is 184 g/mol. The van der Waals surface area contributed by atoms with Crippen molar-refractivity contribution in [2.45, 2.75) is 51.5 Å². The van der Waals surface area contributed by atoms with Crippen LogP contribution in [0.5, 0.6) is 0 Å². The third-order valence-electron chi connectivity index (χ3n) is 2.80. The van der Waals surface area contributed by atoms with Gasteiger partial charge in [0.2, 0.25) is 0 Å². The van der Waals surface area contributed by atoms with Crippen molar-refractivity contribution in [2.24, 2.45) is 0 Å². The lowest BCUT2D eigenvalue weighted by Gasteiger charge is -2.11. The molecular weight excluding hydrogens is 160 g/mol. The molecule has 0 heterocycles. The molecule has 1 rings (SSSR count). The second kappa shape index (κ2) is 7.34. The first-order chi connectivity index (χ1) is 6.43. The lowest BCUT2D eigenvalue weighted by atomic mass is 10.2. The van der Waals surface area contributed by atoms with Crippen LogP contribution in [-0.4, -0.2) is 25.7 Å². The van der Waals surface area contributed by atoms with E-state index >= 15 is 0 Å². The fourth-order valence-corrected chi connectivity index (χ4v) is 1.92. The van der Waals surface area contributed by atoms with Gasteiger partial charge in [-0.05, 0) is 25.8 Å². The minimum atomic E-state index is 0.827. The van der Waals surface area contributed by atoms with Crippen LogP contribution in [0, 0.1) is 0 Å². The normalized spacial score (nSPS) is 18.2. The molecule has 1 aliphatic carbocycles. The third kappa shape index (κ3) is 5.27. The van der Waals surface area contributed by atoms with Gasteiger partial charge in [0.25, 0.3) is 0 Å². The summed E-state index contributed by atoms with van der Waals surface area (Å²) in [5, 5.41) is 7.04. The molecule has 0 aromatic heterocycles. The third-order valence-corrected chi connectivity index (χ3v) is 2.80. The quantitative estimate of drug-likeness (QED) is 0.591. The summed E-state index contributed by atoms with van der Waals surface area (Å²) in [5.41, 5.74) is 0. The first-order valence-corrected chi connectivity index (χ1v) is 5.87. The predicted octanol–water partition coefficient (Wildman–Crippen LogP) is 1.91. The van der Waals surface area contributed by atoms with Crippen LogP contribution in [0.2, 0.25) is 0 Å². The zero-order valence-corrected chi connectivity index (χ0v) is 8.94. The summed E-state index contributed by atoms with van der Waals surface area (Å²) in [4.78, 5) is 0. The van der Waals surface area contributed by atoms with Crippen LogP contribution in [-0.2, 0) is 0 Å². The number of unbranched alkanes of at least 4 members (excludes halogenated alkanes) is 1. The summed E-state index contributed by atoms with van der Waals surface area (Å²) >= 11 is 0. The Labute approximate surface area is 82.5 Å². The van der Waals surface area contributed by atoms with Gasteiger partial charge in [-0.25, -0.2) is 0 Å². The van der Waals surface area contributed by atoms with E-state index in [4.69, 9.17) is 0 Å². The smallest absolute Gasteiger partial charge is 0.00793 e. The molecule has 2 heteroatoms. The molecule has 2 nitrogen and oxygen atoms in total. The van der Waals surface area contributed by atoms with Gasteiger partial charge in [-0.3, -0.25) is 0 Å². The van der Waals surface area contributed by atoms with Gasteiger partial charge < -0.3 is 10.6 Å². The molecule has 1 fully saturated rings. The lowest BCUT2D eigenvalue weighted by molar-refractivity contribution is 0.506. The van der Waals surface area contributed by atoms with Crippen LogP contribution in [0.25, 0.3) is 0 Å². The van der Waals surface area contributed by atoms with Crippen LogP contribution in [0.3, 0.4) is 0 Å². The lowest BCUT2D eigenvalue weighted by Crippen LogP contribution is -2.33. The summed E-state index contributed by atoms with van der Waals surface area (Å²) in [6.45, 7) is 5.70. The van der Waals surface area contributed by atoms with Crippen molar-refractivity contribution in [3.63, 3.8) is 0 Å². The Morgan fingerprint density at radius 3 is 2.54 bits per heavy atom. The molecule has 13 heavy (non-hydrogen) atoms. The van der Waals surface area contributed by atoms with Gasteiger partial charge >= 0.3 is 0 Å². The highest BCUT2D eigenvalue weighted by Gasteiger charge is 2.12. The van der Waals surface area contributed by atoms with E-state index in [1.54, 1.807) is 0 Å². The SMILES string of the molecule is CCCCNCCNC1CCCC1. The van der Waals surface area contributed by atoms with E-state index in [-0.39, 0.29) is 0 Å². The molecule has 0 saturated heterocycles. The Morgan fingerprint density at radius 2 is 1.85 bits per heavy atom. The molecule has 0 spiro atoms. The summed E-state index contributed by atoms with van der Waals surface area (Å²) in [6, 6.07) is 0.827. The molecule has 78 valence electrons. The van der Waals surface area contributed by atoms with Gasteiger partial charge in [0.1, 0.15) is 0 Å². The minimum absolute atomic E-state index is 0.827. The maximum absolute atomic E-state index is 3.60. The van der Waals surface area contributed by atoms with Crippen molar-refractivity contribution in [3.8, 4) is 0 Å². The topological polar surface area (TPSA) is 24.1 Å². The average Bonchev–Trinajstić information content (AvgIpc) is 2.63. The van der Waals surface area contributed by atoms with Crippen molar-refractivity contribution in [1.29, 1.82) is 0 Å². The maximum atomic E-state index is 3.60. The number of hydrogen-bond acceptors (Lipinski definition) is 2. The molecular formula is C11H24N2. The second-order valence-corrected chi connectivity index (χ2v) is 4.04. The van der Waals surface area contributed by atoms with E-state index in [0.717, 1.165) is 19.1 Å². The summed E-state index contributed by atoms with van der Waals surface area (Å²) in [7, 11) is 0. The minimum Gasteiger partial charge on any atom is -0.315 e. The molecule has 0 amide bonds. The van der Waals surface area contributed by atoms with E-state index in [2.05, 4.69) is 17.6 Å². The predicted molar refractivity (Wildman–Crippen MR) is 58.0 cm³/mol. The Morgan fingerprint density at radius 1 is 1.08 bits per heavy atom. The van der Waals surface area contributed by atoms with Crippen molar-refractivity contribution in [1.82, 2.24) is 10.6 Å². The number of hydrogen-bond donors (Lipinski definition) is 2. The number of rotatable bonds is 7. The van der Waals surface area contributed by atoms with Crippen LogP contribution >= 0.6 is 0 Å². The zero-order chi connectivity index (χ0) is 9.36. The Balaban J connectivity index is 1.78. The van der Waals surface area contributed by atoms with Crippen molar-refractivity contribution < 1.29 is 0 Å². The number of nitrogens with one attached hydrogen (secondary N) is 2. The van der Waals surface area contributed by atoms with Crippen molar-refractivity contribution in [3.05, 3.63) is 0 Å². The maximum Gasteiger partial charge on any atom is 0.00793 e. The largest absolute Gasteiger partial charge is 0.315 e. The van der Waals surface area contributed by atoms with E-state index in [1.807, 2.05) is 0 Å². The highest BCUT2D eigenvalue weighted by molar-refractivity contribution is 4.73. The van der Waals surface area contributed by atoms with E-state index in [0.29, 0.717) is 0 Å². The van der Waals surface area contributed by atoms with Crippen LogP contribution in [0.15, 0.2) is 0 Å². The Kier molecular flexibility index (Phi) is 6.21. The van der Waals surface area contributed by atoms with Gasteiger partial charge in [-0.15, -0.1) is 0 Å². The molecule has 1 saturated carbocycles. The molecule has 0 radical (unpaired) electrons. The molecule has 0 aliphatic heterocycles. The molecule has 0 atom stereocenters. The van der Waals surface area contributed by atoms with Gasteiger partial charge in [0.05, 0.1) is 0 Å². The summed E-state index contributed by atoms with van der Waals surface area (Å²) < 4.78 is 0. The molecule has 2 N–H and O–H groups in total. The summed E-state index contributed by atoms with van der Waals surface area (Å²) in [6.07, 6.45) is 8.26. The zero-order valence-electron chi connectivity index (χ0n) is 8.94. The van der Waals surface area contributed by atoms with E-state index in [9.17, 15) is 0 Å². The van der Waals surface area contributed by atoms with Gasteiger partial charge in [0.15, 0.2) is 0 Å². The highest BCUT2D eigenvalue weighted by atomic mass is 15.0. The Bertz CT molecular complexity index is 109. The fraction of sp³-hybridized carbons (Fsp3) is 1.00. The van der Waals surface area contributed by atoms with Crippen LogP contribution in [0.1, 0.15) is 45.4 Å². The van der Waals surface area contributed by atoms with Gasteiger partial charge in [-0.1, -0.05) is 26.2 Å².